The van der Waals surface area contributed by atoms with Crippen LogP contribution in [0.2, 0.25) is 0 Å². The summed E-state index contributed by atoms with van der Waals surface area (Å²) in [5.74, 6) is 0.676. The first-order chi connectivity index (χ1) is 8.78. The van der Waals surface area contributed by atoms with E-state index in [0.717, 1.165) is 28.6 Å². The summed E-state index contributed by atoms with van der Waals surface area (Å²) in [5, 5.41) is 0. The lowest BCUT2D eigenvalue weighted by Gasteiger charge is -2.01. The Hall–Kier alpha value is -2.16. The summed E-state index contributed by atoms with van der Waals surface area (Å²) in [6.07, 6.45) is 4.56. The van der Waals surface area contributed by atoms with Crippen LogP contribution in [0.3, 0.4) is 0 Å². The van der Waals surface area contributed by atoms with Crippen molar-refractivity contribution in [2.45, 2.75) is 20.3 Å². The molecule has 1 aromatic carbocycles. The third kappa shape index (κ3) is 1.78. The monoisotopic (exact) mass is 238 g/mol. The smallest absolute Gasteiger partial charge is 0.227 e. The zero-order valence-corrected chi connectivity index (χ0v) is 10.5. The molecule has 3 rings (SSSR count). The van der Waals surface area contributed by atoms with Crippen LogP contribution in [0, 0.1) is 6.92 Å². The van der Waals surface area contributed by atoms with E-state index in [4.69, 9.17) is 4.42 Å². The molecule has 2 heterocycles. The minimum Gasteiger partial charge on any atom is -0.436 e. The number of aromatic nitrogens is 2. The van der Waals surface area contributed by atoms with Gasteiger partial charge in [0.05, 0.1) is 0 Å². The highest BCUT2D eigenvalue weighted by atomic mass is 16.3. The second kappa shape index (κ2) is 4.26. The Morgan fingerprint density at radius 3 is 2.94 bits per heavy atom. The lowest BCUT2D eigenvalue weighted by atomic mass is 10.1. The largest absolute Gasteiger partial charge is 0.436 e. The molecule has 0 amide bonds. The maximum Gasteiger partial charge on any atom is 0.227 e. The number of benzene rings is 1. The van der Waals surface area contributed by atoms with Gasteiger partial charge in [-0.25, -0.2) is 4.98 Å². The van der Waals surface area contributed by atoms with Gasteiger partial charge in [-0.3, -0.25) is 4.98 Å². The number of rotatable bonds is 2. The summed E-state index contributed by atoms with van der Waals surface area (Å²) in [6.45, 7) is 4.16. The first-order valence-electron chi connectivity index (χ1n) is 6.08. The second-order valence-corrected chi connectivity index (χ2v) is 4.38. The molecule has 0 aliphatic carbocycles. The van der Waals surface area contributed by atoms with E-state index in [2.05, 4.69) is 23.8 Å². The molecular formula is C15H14N2O. The number of aryl methyl sites for hydroxylation is 2. The molecule has 0 spiro atoms. The van der Waals surface area contributed by atoms with Gasteiger partial charge in [-0.2, -0.15) is 0 Å². The highest BCUT2D eigenvalue weighted by Crippen LogP contribution is 2.27. The number of fused-ring (bicyclic) bond motifs is 1. The third-order valence-corrected chi connectivity index (χ3v) is 3.06. The van der Waals surface area contributed by atoms with E-state index in [9.17, 15) is 0 Å². The Morgan fingerprint density at radius 1 is 1.22 bits per heavy atom. The molecule has 0 N–H and O–H groups in total. The summed E-state index contributed by atoms with van der Waals surface area (Å²) < 4.78 is 5.81. The third-order valence-electron chi connectivity index (χ3n) is 3.06. The molecule has 0 fully saturated rings. The van der Waals surface area contributed by atoms with Crippen LogP contribution in [-0.4, -0.2) is 9.97 Å². The van der Waals surface area contributed by atoms with Crippen molar-refractivity contribution >= 4 is 11.1 Å². The van der Waals surface area contributed by atoms with Crippen molar-refractivity contribution in [3.8, 4) is 11.5 Å². The van der Waals surface area contributed by atoms with E-state index >= 15 is 0 Å². The van der Waals surface area contributed by atoms with Crippen LogP contribution in [0.5, 0.6) is 0 Å². The van der Waals surface area contributed by atoms with Gasteiger partial charge in [-0.05, 0) is 42.7 Å². The summed E-state index contributed by atoms with van der Waals surface area (Å²) >= 11 is 0. The number of pyridine rings is 1. The first-order valence-corrected chi connectivity index (χ1v) is 6.08. The molecule has 90 valence electrons. The normalized spacial score (nSPS) is 11.0. The molecule has 0 saturated carbocycles. The van der Waals surface area contributed by atoms with E-state index < -0.39 is 0 Å². The SMILES string of the molecule is CCc1cnccc1-c1nc2cc(C)ccc2o1. The fourth-order valence-corrected chi connectivity index (χ4v) is 2.07. The van der Waals surface area contributed by atoms with Crippen molar-refractivity contribution in [1.29, 1.82) is 0 Å². The average Bonchev–Trinajstić information content (AvgIpc) is 2.81. The number of nitrogens with zero attached hydrogens (tertiary/aromatic N) is 2. The molecule has 0 unspecified atom stereocenters. The van der Waals surface area contributed by atoms with Crippen molar-refractivity contribution in [2.75, 3.05) is 0 Å². The second-order valence-electron chi connectivity index (χ2n) is 4.38. The van der Waals surface area contributed by atoms with Crippen LogP contribution in [0.1, 0.15) is 18.1 Å². The summed E-state index contributed by atoms with van der Waals surface area (Å²) in [5.41, 5.74) is 5.10. The Labute approximate surface area is 105 Å². The van der Waals surface area contributed by atoms with Crippen LogP contribution >= 0.6 is 0 Å². The van der Waals surface area contributed by atoms with E-state index in [0.29, 0.717) is 5.89 Å². The zero-order valence-electron chi connectivity index (χ0n) is 10.5. The predicted octanol–water partition coefficient (Wildman–Crippen LogP) is 3.76. The quantitative estimate of drug-likeness (QED) is 0.682. The summed E-state index contributed by atoms with van der Waals surface area (Å²) in [6, 6.07) is 7.99. The zero-order chi connectivity index (χ0) is 12.5. The van der Waals surface area contributed by atoms with Gasteiger partial charge >= 0.3 is 0 Å². The fourth-order valence-electron chi connectivity index (χ4n) is 2.07. The minimum absolute atomic E-state index is 0.676. The maximum atomic E-state index is 5.81. The minimum atomic E-state index is 0.676. The molecular weight excluding hydrogens is 224 g/mol. The van der Waals surface area contributed by atoms with Crippen LogP contribution < -0.4 is 0 Å². The molecule has 3 heteroatoms. The Morgan fingerprint density at radius 2 is 2.11 bits per heavy atom. The van der Waals surface area contributed by atoms with Crippen LogP contribution in [0.15, 0.2) is 41.1 Å². The summed E-state index contributed by atoms with van der Waals surface area (Å²) in [7, 11) is 0. The van der Waals surface area contributed by atoms with E-state index in [1.807, 2.05) is 30.5 Å². The Bertz CT molecular complexity index is 701. The van der Waals surface area contributed by atoms with Crippen molar-refractivity contribution in [3.05, 3.63) is 47.8 Å². The van der Waals surface area contributed by atoms with Crippen molar-refractivity contribution in [1.82, 2.24) is 9.97 Å². The highest BCUT2D eigenvalue weighted by Gasteiger charge is 2.11. The van der Waals surface area contributed by atoms with Gasteiger partial charge in [0.15, 0.2) is 5.58 Å². The Kier molecular flexibility index (Phi) is 2.59. The standard InChI is InChI=1S/C15H14N2O/c1-3-11-9-16-7-6-12(11)15-17-13-8-10(2)4-5-14(13)18-15/h4-9H,3H2,1-2H3. The summed E-state index contributed by atoms with van der Waals surface area (Å²) in [4.78, 5) is 8.70. The molecule has 0 saturated heterocycles. The van der Waals surface area contributed by atoms with Gasteiger partial charge in [0.1, 0.15) is 5.52 Å². The van der Waals surface area contributed by atoms with E-state index in [1.165, 1.54) is 5.56 Å². The van der Waals surface area contributed by atoms with Gasteiger partial charge in [0.2, 0.25) is 5.89 Å². The highest BCUT2D eigenvalue weighted by molar-refractivity contribution is 5.77. The van der Waals surface area contributed by atoms with Gasteiger partial charge in [-0.1, -0.05) is 13.0 Å². The van der Waals surface area contributed by atoms with Gasteiger partial charge in [-0.15, -0.1) is 0 Å². The molecule has 0 aliphatic rings. The molecule has 3 nitrogen and oxygen atoms in total. The molecule has 3 aromatic rings. The molecule has 18 heavy (non-hydrogen) atoms. The number of hydrogen-bond donors (Lipinski definition) is 0. The van der Waals surface area contributed by atoms with E-state index in [1.54, 1.807) is 6.20 Å². The van der Waals surface area contributed by atoms with E-state index in [-0.39, 0.29) is 0 Å². The first kappa shape index (κ1) is 11.0. The molecule has 0 bridgehead atoms. The van der Waals surface area contributed by atoms with Crippen molar-refractivity contribution in [3.63, 3.8) is 0 Å². The van der Waals surface area contributed by atoms with Gasteiger partial charge in [0, 0.05) is 18.0 Å². The van der Waals surface area contributed by atoms with Crippen molar-refractivity contribution in [2.24, 2.45) is 0 Å². The maximum absolute atomic E-state index is 5.81. The van der Waals surface area contributed by atoms with Crippen LogP contribution in [-0.2, 0) is 6.42 Å². The van der Waals surface area contributed by atoms with Crippen molar-refractivity contribution < 1.29 is 4.42 Å². The Balaban J connectivity index is 2.19. The average molecular weight is 238 g/mol. The molecule has 0 radical (unpaired) electrons. The number of hydrogen-bond acceptors (Lipinski definition) is 3. The fraction of sp³-hybridized carbons (Fsp3) is 0.200. The molecule has 0 atom stereocenters. The lowest BCUT2D eigenvalue weighted by molar-refractivity contribution is 0.618. The topological polar surface area (TPSA) is 38.9 Å². The molecule has 0 aliphatic heterocycles. The van der Waals surface area contributed by atoms with Gasteiger partial charge in [0.25, 0.3) is 0 Å². The van der Waals surface area contributed by atoms with Crippen LogP contribution in [0.25, 0.3) is 22.6 Å². The lowest BCUT2D eigenvalue weighted by Crippen LogP contribution is -1.88. The molecule has 2 aromatic heterocycles. The van der Waals surface area contributed by atoms with Crippen LogP contribution in [0.4, 0.5) is 0 Å². The number of oxazole rings is 1. The van der Waals surface area contributed by atoms with Gasteiger partial charge < -0.3 is 4.42 Å². The predicted molar refractivity (Wildman–Crippen MR) is 71.4 cm³/mol.